The van der Waals surface area contributed by atoms with Crippen molar-refractivity contribution in [2.45, 2.75) is 25.8 Å². The third-order valence-electron chi connectivity index (χ3n) is 7.25. The number of para-hydroxylation sites is 1. The molecule has 2 aromatic heterocycles. The predicted molar refractivity (Wildman–Crippen MR) is 153 cm³/mol. The molecule has 1 fully saturated rings. The molecule has 0 spiro atoms. The first-order valence-corrected chi connectivity index (χ1v) is 14.7. The maximum Gasteiger partial charge on any atom is 0.139 e. The van der Waals surface area contributed by atoms with Crippen LogP contribution >= 0.6 is 7.92 Å². The van der Waals surface area contributed by atoms with Crippen LogP contribution in [0.15, 0.2) is 60.8 Å². The number of pyridine rings is 1. The van der Waals surface area contributed by atoms with E-state index in [1.807, 2.05) is 6.20 Å². The van der Waals surface area contributed by atoms with Crippen LogP contribution in [-0.2, 0) is 0 Å². The molecule has 5 rings (SSSR count). The van der Waals surface area contributed by atoms with E-state index >= 15 is 0 Å². The maximum absolute atomic E-state index is 4.63. The molecule has 2 N–H and O–H groups in total. The molecular weight excluding hydrogens is 449 g/mol. The van der Waals surface area contributed by atoms with Crippen molar-refractivity contribution in [2.75, 3.05) is 50.7 Å². The summed E-state index contributed by atoms with van der Waals surface area (Å²) < 4.78 is 0. The van der Waals surface area contributed by atoms with E-state index in [-0.39, 0.29) is 7.92 Å². The molecule has 5 nitrogen and oxygen atoms in total. The lowest BCUT2D eigenvalue weighted by Crippen LogP contribution is -2.42. The molecule has 6 heteroatoms. The fourth-order valence-electron chi connectivity index (χ4n) is 5.18. The first-order chi connectivity index (χ1) is 16.9. The van der Waals surface area contributed by atoms with E-state index in [1.54, 1.807) is 0 Å². The minimum absolute atomic E-state index is 0.198. The molecule has 0 saturated carbocycles. The number of fused-ring (bicyclic) bond motifs is 1. The van der Waals surface area contributed by atoms with Crippen LogP contribution < -0.4 is 15.5 Å². The van der Waals surface area contributed by atoms with Crippen molar-refractivity contribution >= 4 is 41.3 Å². The van der Waals surface area contributed by atoms with Crippen molar-refractivity contribution in [1.82, 2.24) is 14.9 Å². The van der Waals surface area contributed by atoms with Gasteiger partial charge in [0.05, 0.1) is 5.69 Å². The lowest BCUT2D eigenvalue weighted by atomic mass is 10.0. The quantitative estimate of drug-likeness (QED) is 0.320. The predicted octanol–water partition coefficient (Wildman–Crippen LogP) is 6.18. The van der Waals surface area contributed by atoms with Gasteiger partial charge in [-0.3, -0.25) is 0 Å². The SMILES string of the molecule is Cc1cc(N2CCC(N(C)C)CC2)ccc1-c1cc2c(Nc3ccccc3P(C)C)ccnc2[nH]1. The van der Waals surface area contributed by atoms with Crippen LogP contribution in [0.1, 0.15) is 18.4 Å². The Kier molecular flexibility index (Phi) is 6.82. The Bertz CT molecular complexity index is 1320. The molecule has 4 aromatic rings. The highest BCUT2D eigenvalue weighted by Crippen LogP contribution is 2.35. The summed E-state index contributed by atoms with van der Waals surface area (Å²) in [6.07, 6.45) is 4.32. The van der Waals surface area contributed by atoms with Crippen molar-refractivity contribution in [1.29, 1.82) is 0 Å². The molecule has 1 saturated heterocycles. The number of aryl methyl sites for hydroxylation is 1. The molecule has 0 aliphatic carbocycles. The van der Waals surface area contributed by atoms with Crippen LogP contribution in [0.2, 0.25) is 0 Å². The van der Waals surface area contributed by atoms with E-state index in [0.29, 0.717) is 6.04 Å². The molecule has 0 radical (unpaired) electrons. The van der Waals surface area contributed by atoms with Gasteiger partial charge < -0.3 is 20.1 Å². The second-order valence-electron chi connectivity index (χ2n) is 10.0. The Morgan fingerprint density at radius 3 is 2.49 bits per heavy atom. The number of piperidine rings is 1. The van der Waals surface area contributed by atoms with Gasteiger partial charge in [0.2, 0.25) is 0 Å². The number of nitrogens with zero attached hydrogens (tertiary/aromatic N) is 3. The zero-order valence-corrected chi connectivity index (χ0v) is 22.4. The Morgan fingerprint density at radius 2 is 1.77 bits per heavy atom. The van der Waals surface area contributed by atoms with Gasteiger partial charge in [0.25, 0.3) is 0 Å². The van der Waals surface area contributed by atoms with Gasteiger partial charge in [-0.15, -0.1) is 0 Å². The normalized spacial score (nSPS) is 14.9. The number of rotatable bonds is 6. The molecule has 2 aromatic carbocycles. The van der Waals surface area contributed by atoms with Gasteiger partial charge in [0, 0.05) is 53.3 Å². The average Bonchev–Trinajstić information content (AvgIpc) is 3.29. The number of hydrogen-bond acceptors (Lipinski definition) is 4. The van der Waals surface area contributed by atoms with Crippen LogP contribution in [0.3, 0.4) is 0 Å². The largest absolute Gasteiger partial charge is 0.371 e. The van der Waals surface area contributed by atoms with Crippen molar-refractivity contribution in [3.8, 4) is 11.3 Å². The van der Waals surface area contributed by atoms with E-state index in [4.69, 9.17) is 0 Å². The van der Waals surface area contributed by atoms with E-state index in [2.05, 4.69) is 114 Å². The van der Waals surface area contributed by atoms with Crippen LogP contribution in [0.5, 0.6) is 0 Å². The lowest BCUT2D eigenvalue weighted by molar-refractivity contribution is 0.249. The maximum atomic E-state index is 4.63. The van der Waals surface area contributed by atoms with Crippen LogP contribution in [0, 0.1) is 6.92 Å². The van der Waals surface area contributed by atoms with E-state index in [9.17, 15) is 0 Å². The highest BCUT2D eigenvalue weighted by atomic mass is 31.1. The molecule has 1 aliphatic heterocycles. The molecule has 0 unspecified atom stereocenters. The summed E-state index contributed by atoms with van der Waals surface area (Å²) in [4.78, 5) is 13.1. The zero-order valence-electron chi connectivity index (χ0n) is 21.5. The number of aromatic nitrogens is 2. The van der Waals surface area contributed by atoms with E-state index in [0.717, 1.165) is 35.5 Å². The smallest absolute Gasteiger partial charge is 0.139 e. The Labute approximate surface area is 210 Å². The number of anilines is 3. The molecular formula is C29H36N5P. The highest BCUT2D eigenvalue weighted by Gasteiger charge is 2.21. The molecule has 3 heterocycles. The Hall–Kier alpha value is -2.88. The minimum atomic E-state index is -0.198. The second-order valence-corrected chi connectivity index (χ2v) is 12.3. The lowest BCUT2D eigenvalue weighted by Gasteiger charge is -2.36. The van der Waals surface area contributed by atoms with Crippen LogP contribution in [-0.4, -0.2) is 61.4 Å². The average molecular weight is 486 g/mol. The van der Waals surface area contributed by atoms with Gasteiger partial charge in [-0.25, -0.2) is 4.98 Å². The topological polar surface area (TPSA) is 47.2 Å². The number of hydrogen-bond donors (Lipinski definition) is 2. The number of nitrogens with one attached hydrogen (secondary N) is 2. The van der Waals surface area contributed by atoms with Gasteiger partial charge in [0.1, 0.15) is 5.65 Å². The fourth-order valence-corrected chi connectivity index (χ4v) is 6.18. The molecule has 1 aliphatic rings. The molecule has 35 heavy (non-hydrogen) atoms. The summed E-state index contributed by atoms with van der Waals surface area (Å²) in [5.41, 5.74) is 8.12. The van der Waals surface area contributed by atoms with Gasteiger partial charge in [-0.1, -0.05) is 32.2 Å². The molecule has 0 bridgehead atoms. The number of benzene rings is 2. The van der Waals surface area contributed by atoms with Crippen LogP contribution in [0.4, 0.5) is 17.1 Å². The van der Waals surface area contributed by atoms with Crippen molar-refractivity contribution in [2.24, 2.45) is 0 Å². The van der Waals surface area contributed by atoms with Gasteiger partial charge in [-0.05, 0) is 88.4 Å². The van der Waals surface area contributed by atoms with E-state index in [1.165, 1.54) is 40.6 Å². The second kappa shape index (κ2) is 10.0. The first kappa shape index (κ1) is 23.8. The molecule has 0 atom stereocenters. The Balaban J connectivity index is 1.41. The zero-order chi connectivity index (χ0) is 24.5. The first-order valence-electron chi connectivity index (χ1n) is 12.4. The Morgan fingerprint density at radius 1 is 1.00 bits per heavy atom. The van der Waals surface area contributed by atoms with Gasteiger partial charge in [-0.2, -0.15) is 0 Å². The summed E-state index contributed by atoms with van der Waals surface area (Å²) in [7, 11) is 4.19. The van der Waals surface area contributed by atoms with E-state index < -0.39 is 0 Å². The van der Waals surface area contributed by atoms with Crippen molar-refractivity contribution in [3.05, 3.63) is 66.4 Å². The van der Waals surface area contributed by atoms with Gasteiger partial charge >= 0.3 is 0 Å². The summed E-state index contributed by atoms with van der Waals surface area (Å²) in [5.74, 6) is 0. The fraction of sp³-hybridized carbons (Fsp3) is 0.345. The minimum Gasteiger partial charge on any atom is -0.371 e. The van der Waals surface area contributed by atoms with Crippen molar-refractivity contribution < 1.29 is 0 Å². The summed E-state index contributed by atoms with van der Waals surface area (Å²) in [6.45, 7) is 9.04. The molecule has 0 amide bonds. The molecule has 182 valence electrons. The third-order valence-corrected chi connectivity index (χ3v) is 8.60. The summed E-state index contributed by atoms with van der Waals surface area (Å²) >= 11 is 0. The number of aromatic amines is 1. The van der Waals surface area contributed by atoms with Crippen molar-refractivity contribution in [3.63, 3.8) is 0 Å². The highest BCUT2D eigenvalue weighted by molar-refractivity contribution is 7.64. The standard InChI is InChI=1S/C29H36N5P/c1-20-18-22(34-16-13-21(14-17-34)33(2)3)10-11-23(20)27-19-24-25(12-15-30-29(24)32-27)31-26-8-6-7-9-28(26)35(4)5/h6-12,15,18-19,21H,13-14,16-17H2,1-5H3,(H2,30,31,32). The monoisotopic (exact) mass is 485 g/mol. The van der Waals surface area contributed by atoms with Crippen LogP contribution in [0.25, 0.3) is 22.3 Å². The van der Waals surface area contributed by atoms with Gasteiger partial charge in [0.15, 0.2) is 0 Å². The summed E-state index contributed by atoms with van der Waals surface area (Å²) in [5, 5.41) is 6.18. The number of H-pyrrole nitrogens is 1. The summed E-state index contributed by atoms with van der Waals surface area (Å²) in [6, 6.07) is 20.5. The third kappa shape index (κ3) is 4.94.